The number of anilines is 1. The number of methoxy groups -OCH3 is 1. The van der Waals surface area contributed by atoms with Gasteiger partial charge in [-0.2, -0.15) is 0 Å². The van der Waals surface area contributed by atoms with Crippen LogP contribution in [0.15, 0.2) is 36.4 Å². The highest BCUT2D eigenvalue weighted by atomic mass is 35.5. The maximum atomic E-state index is 12.3. The second kappa shape index (κ2) is 8.72. The Labute approximate surface area is 158 Å². The third kappa shape index (κ3) is 4.76. The van der Waals surface area contributed by atoms with Crippen LogP contribution in [0.2, 0.25) is 5.02 Å². The average Bonchev–Trinajstić information content (AvgIpc) is 2.61. The number of carbonyl (C=O) groups is 2. The molecule has 2 aromatic rings. The lowest BCUT2D eigenvalue weighted by Crippen LogP contribution is -2.22. The van der Waals surface area contributed by atoms with Crippen molar-refractivity contribution in [3.63, 3.8) is 0 Å². The van der Waals surface area contributed by atoms with Gasteiger partial charge in [-0.15, -0.1) is 0 Å². The van der Waals surface area contributed by atoms with Gasteiger partial charge in [-0.1, -0.05) is 43.6 Å². The van der Waals surface area contributed by atoms with Crippen LogP contribution >= 0.6 is 11.6 Å². The fraction of sp³-hybridized carbons (Fsp3) is 0.300. The molecule has 0 aliphatic carbocycles. The van der Waals surface area contributed by atoms with Crippen LogP contribution in [0.5, 0.6) is 5.75 Å². The molecule has 1 N–H and O–H groups in total. The standard InChI is InChI=1S/C20H22ClNO4/c1-12(2)15-7-5-6-13(3)19(15)22-18(23)11-26-20(24)16-10-14(21)8-9-17(16)25-4/h5-10,12H,11H2,1-4H3,(H,22,23). The number of rotatable bonds is 6. The van der Waals surface area contributed by atoms with Gasteiger partial charge in [0, 0.05) is 10.7 Å². The number of hydrogen-bond donors (Lipinski definition) is 1. The Bertz CT molecular complexity index is 817. The number of esters is 1. The van der Waals surface area contributed by atoms with Crippen LogP contribution in [0, 0.1) is 6.92 Å². The predicted molar refractivity (Wildman–Crippen MR) is 102 cm³/mol. The Balaban J connectivity index is 2.06. The SMILES string of the molecule is COc1ccc(Cl)cc1C(=O)OCC(=O)Nc1c(C)cccc1C(C)C. The van der Waals surface area contributed by atoms with E-state index >= 15 is 0 Å². The van der Waals surface area contributed by atoms with Gasteiger partial charge in [0.05, 0.1) is 7.11 Å². The number of amides is 1. The number of benzene rings is 2. The molecule has 0 unspecified atom stereocenters. The van der Waals surface area contributed by atoms with Crippen molar-refractivity contribution in [3.05, 3.63) is 58.1 Å². The summed E-state index contributed by atoms with van der Waals surface area (Å²) in [6, 6.07) is 10.5. The fourth-order valence-corrected chi connectivity index (χ4v) is 2.74. The molecule has 1 amide bonds. The quantitative estimate of drug-likeness (QED) is 0.751. The minimum Gasteiger partial charge on any atom is -0.496 e. The van der Waals surface area contributed by atoms with Crippen molar-refractivity contribution in [2.75, 3.05) is 19.0 Å². The summed E-state index contributed by atoms with van der Waals surface area (Å²) in [6.45, 7) is 5.62. The number of ether oxygens (including phenoxy) is 2. The molecule has 0 saturated carbocycles. The number of hydrogen-bond acceptors (Lipinski definition) is 4. The molecule has 6 heteroatoms. The largest absolute Gasteiger partial charge is 0.496 e. The number of halogens is 1. The second-order valence-corrected chi connectivity index (χ2v) is 6.60. The van der Waals surface area contributed by atoms with E-state index in [1.807, 2.05) is 25.1 Å². The predicted octanol–water partition coefficient (Wildman–Crippen LogP) is 4.58. The summed E-state index contributed by atoms with van der Waals surface area (Å²) in [5.41, 5.74) is 2.91. The van der Waals surface area contributed by atoms with Crippen LogP contribution in [0.4, 0.5) is 5.69 Å². The Morgan fingerprint density at radius 3 is 2.58 bits per heavy atom. The molecule has 0 radical (unpaired) electrons. The maximum absolute atomic E-state index is 12.3. The van der Waals surface area contributed by atoms with Gasteiger partial charge in [-0.25, -0.2) is 4.79 Å². The van der Waals surface area contributed by atoms with Crippen LogP contribution in [-0.2, 0) is 9.53 Å². The van der Waals surface area contributed by atoms with E-state index in [1.165, 1.54) is 13.2 Å². The van der Waals surface area contributed by atoms with Crippen molar-refractivity contribution < 1.29 is 19.1 Å². The first-order valence-corrected chi connectivity index (χ1v) is 8.61. The van der Waals surface area contributed by atoms with Crippen LogP contribution < -0.4 is 10.1 Å². The molecular weight excluding hydrogens is 354 g/mol. The van der Waals surface area contributed by atoms with Crippen LogP contribution in [0.3, 0.4) is 0 Å². The fourth-order valence-electron chi connectivity index (χ4n) is 2.57. The summed E-state index contributed by atoms with van der Waals surface area (Å²) in [6.07, 6.45) is 0. The first kappa shape index (κ1) is 19.8. The number of aryl methyl sites for hydroxylation is 1. The molecule has 0 aliphatic rings. The zero-order valence-corrected chi connectivity index (χ0v) is 16.0. The lowest BCUT2D eigenvalue weighted by Gasteiger charge is -2.16. The van der Waals surface area contributed by atoms with Gasteiger partial charge in [0.25, 0.3) is 5.91 Å². The van der Waals surface area contributed by atoms with Gasteiger partial charge in [0.2, 0.25) is 0 Å². The van der Waals surface area contributed by atoms with E-state index in [4.69, 9.17) is 21.1 Å². The molecular formula is C20H22ClNO4. The highest BCUT2D eigenvalue weighted by Crippen LogP contribution is 2.27. The van der Waals surface area contributed by atoms with Gasteiger partial charge in [-0.3, -0.25) is 4.79 Å². The Kier molecular flexibility index (Phi) is 6.64. The van der Waals surface area contributed by atoms with Crippen LogP contribution in [0.25, 0.3) is 0 Å². The molecule has 0 bridgehead atoms. The van der Waals surface area contributed by atoms with Crippen LogP contribution in [0.1, 0.15) is 41.3 Å². The second-order valence-electron chi connectivity index (χ2n) is 6.16. The van der Waals surface area contributed by atoms with Crippen molar-refractivity contribution >= 4 is 29.2 Å². The molecule has 0 aromatic heterocycles. The summed E-state index contributed by atoms with van der Waals surface area (Å²) >= 11 is 5.91. The highest BCUT2D eigenvalue weighted by molar-refractivity contribution is 6.31. The third-order valence-corrected chi connectivity index (χ3v) is 4.14. The van der Waals surface area contributed by atoms with E-state index in [0.29, 0.717) is 10.8 Å². The van der Waals surface area contributed by atoms with Crippen molar-refractivity contribution in [1.29, 1.82) is 0 Å². The summed E-state index contributed by atoms with van der Waals surface area (Å²) in [5.74, 6) is -0.492. The Morgan fingerprint density at radius 2 is 1.92 bits per heavy atom. The Morgan fingerprint density at radius 1 is 1.19 bits per heavy atom. The molecule has 138 valence electrons. The van der Waals surface area contributed by atoms with Gasteiger partial charge in [0.1, 0.15) is 11.3 Å². The summed E-state index contributed by atoms with van der Waals surface area (Å²) in [7, 11) is 1.44. The van der Waals surface area contributed by atoms with E-state index in [1.54, 1.807) is 12.1 Å². The molecule has 2 rings (SSSR count). The zero-order chi connectivity index (χ0) is 19.3. The van der Waals surface area contributed by atoms with Crippen LogP contribution in [-0.4, -0.2) is 25.6 Å². The lowest BCUT2D eigenvalue weighted by atomic mass is 9.98. The minimum atomic E-state index is -0.673. The maximum Gasteiger partial charge on any atom is 0.342 e. The number of para-hydroxylation sites is 1. The first-order valence-electron chi connectivity index (χ1n) is 8.23. The van der Waals surface area contributed by atoms with E-state index in [-0.39, 0.29) is 11.5 Å². The molecule has 5 nitrogen and oxygen atoms in total. The smallest absolute Gasteiger partial charge is 0.342 e. The molecule has 26 heavy (non-hydrogen) atoms. The Hall–Kier alpha value is -2.53. The van der Waals surface area contributed by atoms with Crippen molar-refractivity contribution in [2.45, 2.75) is 26.7 Å². The highest BCUT2D eigenvalue weighted by Gasteiger charge is 2.17. The van der Waals surface area contributed by atoms with Gasteiger partial charge in [-0.05, 0) is 42.2 Å². The monoisotopic (exact) mass is 375 g/mol. The summed E-state index contributed by atoms with van der Waals surface area (Å²) in [5, 5.41) is 3.21. The normalized spacial score (nSPS) is 10.5. The van der Waals surface area contributed by atoms with Gasteiger partial charge >= 0.3 is 5.97 Å². The van der Waals surface area contributed by atoms with Gasteiger partial charge in [0.15, 0.2) is 6.61 Å². The number of nitrogens with one attached hydrogen (secondary N) is 1. The first-order chi connectivity index (χ1) is 12.3. The molecule has 0 fully saturated rings. The lowest BCUT2D eigenvalue weighted by molar-refractivity contribution is -0.119. The van der Waals surface area contributed by atoms with Crippen molar-refractivity contribution in [2.24, 2.45) is 0 Å². The van der Waals surface area contributed by atoms with Gasteiger partial charge < -0.3 is 14.8 Å². The zero-order valence-electron chi connectivity index (χ0n) is 15.3. The molecule has 0 atom stereocenters. The molecule has 0 saturated heterocycles. The summed E-state index contributed by atoms with van der Waals surface area (Å²) < 4.78 is 10.2. The van der Waals surface area contributed by atoms with E-state index in [9.17, 15) is 9.59 Å². The van der Waals surface area contributed by atoms with Crippen molar-refractivity contribution in [3.8, 4) is 5.75 Å². The molecule has 2 aromatic carbocycles. The number of carbonyl (C=O) groups excluding carboxylic acids is 2. The van der Waals surface area contributed by atoms with Crippen molar-refractivity contribution in [1.82, 2.24) is 0 Å². The van der Waals surface area contributed by atoms with E-state index in [2.05, 4.69) is 19.2 Å². The average molecular weight is 376 g/mol. The molecule has 0 spiro atoms. The summed E-state index contributed by atoms with van der Waals surface area (Å²) in [4.78, 5) is 24.5. The molecule has 0 heterocycles. The van der Waals surface area contributed by atoms with E-state index in [0.717, 1.165) is 16.8 Å². The third-order valence-electron chi connectivity index (χ3n) is 3.91. The molecule has 0 aliphatic heterocycles. The van der Waals surface area contributed by atoms with E-state index < -0.39 is 18.5 Å². The minimum absolute atomic E-state index is 0.173. The topological polar surface area (TPSA) is 64.6 Å².